The fourth-order valence-electron chi connectivity index (χ4n) is 2.99. The van der Waals surface area contributed by atoms with E-state index in [0.29, 0.717) is 37.4 Å². The highest BCUT2D eigenvalue weighted by molar-refractivity contribution is 5.99. The van der Waals surface area contributed by atoms with E-state index in [2.05, 4.69) is 5.32 Å². The Hall–Kier alpha value is -3.86. The van der Waals surface area contributed by atoms with E-state index >= 15 is 0 Å². The molecule has 1 aliphatic rings. The van der Waals surface area contributed by atoms with E-state index in [-0.39, 0.29) is 11.4 Å². The summed E-state index contributed by atoms with van der Waals surface area (Å²) in [5.41, 5.74) is 7.22. The molecule has 1 saturated heterocycles. The first-order chi connectivity index (χ1) is 14.0. The molecule has 3 N–H and O–H groups in total. The van der Waals surface area contributed by atoms with Crippen molar-refractivity contribution in [2.45, 2.75) is 0 Å². The number of nitrogen functional groups attached to an aromatic ring is 1. The first kappa shape index (κ1) is 19.9. The number of piperazine rings is 1. The number of hydrogen-bond donors (Lipinski definition) is 2. The van der Waals surface area contributed by atoms with Crippen LogP contribution in [0.2, 0.25) is 0 Å². The fourth-order valence-corrected chi connectivity index (χ4v) is 2.99. The average molecular weight is 393 g/mol. The molecule has 2 amide bonds. The van der Waals surface area contributed by atoms with Crippen LogP contribution in [0.15, 0.2) is 60.3 Å². The van der Waals surface area contributed by atoms with Crippen molar-refractivity contribution in [1.82, 2.24) is 10.2 Å². The topological polar surface area (TPSA) is 102 Å². The zero-order valence-electron chi connectivity index (χ0n) is 15.6. The van der Waals surface area contributed by atoms with Gasteiger partial charge in [0.2, 0.25) is 0 Å². The molecule has 2 aromatic rings. The van der Waals surface area contributed by atoms with Crippen molar-refractivity contribution < 1.29 is 14.0 Å². The van der Waals surface area contributed by atoms with E-state index in [9.17, 15) is 19.2 Å². The Morgan fingerprint density at radius 2 is 1.66 bits per heavy atom. The van der Waals surface area contributed by atoms with Crippen LogP contribution < -0.4 is 16.0 Å². The molecule has 1 heterocycles. The van der Waals surface area contributed by atoms with E-state index < -0.39 is 11.8 Å². The van der Waals surface area contributed by atoms with Crippen LogP contribution in [0, 0.1) is 17.1 Å². The molecule has 0 atom stereocenters. The number of nitrogens with zero attached hydrogens (tertiary/aromatic N) is 3. The third-order valence-electron chi connectivity index (χ3n) is 4.63. The van der Waals surface area contributed by atoms with E-state index in [0.717, 1.165) is 11.9 Å². The summed E-state index contributed by atoms with van der Waals surface area (Å²) >= 11 is 0. The summed E-state index contributed by atoms with van der Waals surface area (Å²) in [6.07, 6.45) is 1.13. The van der Waals surface area contributed by atoms with Gasteiger partial charge in [0.05, 0.1) is 0 Å². The summed E-state index contributed by atoms with van der Waals surface area (Å²) in [6.45, 7) is 1.96. The third-order valence-corrected chi connectivity index (χ3v) is 4.63. The van der Waals surface area contributed by atoms with E-state index in [1.54, 1.807) is 41.3 Å². The number of carbonyl (C=O) groups excluding carboxylic acids is 2. The molecular formula is C21H20FN5O2. The van der Waals surface area contributed by atoms with Crippen LogP contribution in [-0.4, -0.2) is 42.9 Å². The lowest BCUT2D eigenvalue weighted by Crippen LogP contribution is -2.49. The van der Waals surface area contributed by atoms with Crippen molar-refractivity contribution in [1.29, 1.82) is 5.26 Å². The van der Waals surface area contributed by atoms with Gasteiger partial charge in [0.25, 0.3) is 11.8 Å². The molecule has 0 unspecified atom stereocenters. The van der Waals surface area contributed by atoms with Crippen LogP contribution in [0.3, 0.4) is 0 Å². The molecule has 0 aliphatic carbocycles. The number of halogens is 1. The maximum absolute atomic E-state index is 13.1. The second-order valence-electron chi connectivity index (χ2n) is 6.52. The highest BCUT2D eigenvalue weighted by Gasteiger charge is 2.24. The van der Waals surface area contributed by atoms with Crippen LogP contribution in [-0.2, 0) is 4.79 Å². The second kappa shape index (κ2) is 8.89. The maximum atomic E-state index is 13.1. The molecule has 1 aliphatic heterocycles. The lowest BCUT2D eigenvalue weighted by atomic mass is 10.2. The Bertz CT molecular complexity index is 956. The predicted molar refractivity (Wildman–Crippen MR) is 107 cm³/mol. The summed E-state index contributed by atoms with van der Waals surface area (Å²) in [5.74, 6) is -1.18. The minimum atomic E-state index is -0.441. The summed E-state index contributed by atoms with van der Waals surface area (Å²) in [5, 5.41) is 11.8. The molecule has 29 heavy (non-hydrogen) atoms. The van der Waals surface area contributed by atoms with Gasteiger partial charge in [-0.2, -0.15) is 5.26 Å². The molecule has 1 fully saturated rings. The summed E-state index contributed by atoms with van der Waals surface area (Å²) in [4.78, 5) is 28.3. The zero-order chi connectivity index (χ0) is 20.8. The van der Waals surface area contributed by atoms with Gasteiger partial charge in [-0.05, 0) is 48.5 Å². The van der Waals surface area contributed by atoms with Crippen LogP contribution >= 0.6 is 0 Å². The number of nitrogens with one attached hydrogen (secondary N) is 1. The minimum absolute atomic E-state index is 0.149. The maximum Gasteiger partial charge on any atom is 0.266 e. The molecule has 0 radical (unpaired) electrons. The largest absolute Gasteiger partial charge is 0.399 e. The molecule has 0 bridgehead atoms. The summed E-state index contributed by atoms with van der Waals surface area (Å²) < 4.78 is 13.1. The number of nitriles is 1. The van der Waals surface area contributed by atoms with Gasteiger partial charge in [0.15, 0.2) is 0 Å². The standard InChI is InChI=1S/C21H20FN5O2/c22-17-3-7-19(8-4-17)26-9-11-27(12-10-26)21(29)16(13-23)14-25-20(28)15-1-5-18(24)6-2-15/h1-8,14H,9-12,24H2,(H,25,28)/b16-14-. The molecule has 8 heteroatoms. The Morgan fingerprint density at radius 1 is 1.03 bits per heavy atom. The van der Waals surface area contributed by atoms with Crippen molar-refractivity contribution >= 4 is 23.2 Å². The smallest absolute Gasteiger partial charge is 0.266 e. The highest BCUT2D eigenvalue weighted by atomic mass is 19.1. The minimum Gasteiger partial charge on any atom is -0.399 e. The van der Waals surface area contributed by atoms with Gasteiger partial charge in [-0.25, -0.2) is 4.39 Å². The number of anilines is 2. The molecule has 0 aromatic heterocycles. The summed E-state index contributed by atoms with van der Waals surface area (Å²) in [7, 11) is 0. The lowest BCUT2D eigenvalue weighted by molar-refractivity contribution is -0.127. The Morgan fingerprint density at radius 3 is 2.24 bits per heavy atom. The van der Waals surface area contributed by atoms with Crippen molar-refractivity contribution in [3.63, 3.8) is 0 Å². The number of rotatable bonds is 4. The molecule has 3 rings (SSSR count). The van der Waals surface area contributed by atoms with E-state index in [1.165, 1.54) is 12.1 Å². The van der Waals surface area contributed by atoms with Crippen LogP contribution in [0.1, 0.15) is 10.4 Å². The van der Waals surface area contributed by atoms with Gasteiger partial charge in [0.1, 0.15) is 17.5 Å². The molecule has 0 saturated carbocycles. The normalized spacial score (nSPS) is 14.3. The van der Waals surface area contributed by atoms with Gasteiger partial charge in [-0.1, -0.05) is 0 Å². The second-order valence-corrected chi connectivity index (χ2v) is 6.52. The monoisotopic (exact) mass is 393 g/mol. The van der Waals surface area contributed by atoms with Crippen molar-refractivity contribution in [3.05, 3.63) is 71.7 Å². The number of benzene rings is 2. The average Bonchev–Trinajstić information content (AvgIpc) is 2.75. The van der Waals surface area contributed by atoms with Gasteiger partial charge in [-0.3, -0.25) is 9.59 Å². The van der Waals surface area contributed by atoms with Crippen molar-refractivity contribution in [2.24, 2.45) is 0 Å². The van der Waals surface area contributed by atoms with E-state index in [1.807, 2.05) is 11.0 Å². The molecule has 2 aromatic carbocycles. The molecular weight excluding hydrogens is 373 g/mol. The van der Waals surface area contributed by atoms with Gasteiger partial charge < -0.3 is 20.9 Å². The number of amides is 2. The first-order valence-corrected chi connectivity index (χ1v) is 9.04. The van der Waals surface area contributed by atoms with Crippen molar-refractivity contribution in [3.8, 4) is 6.07 Å². The number of hydrogen-bond acceptors (Lipinski definition) is 5. The molecule has 148 valence electrons. The Kier molecular flexibility index (Phi) is 6.09. The SMILES string of the molecule is N#C/C(=C/NC(=O)c1ccc(N)cc1)C(=O)N1CCN(c2ccc(F)cc2)CC1. The fraction of sp³-hybridized carbons (Fsp3) is 0.190. The highest BCUT2D eigenvalue weighted by Crippen LogP contribution is 2.17. The Labute approximate surface area is 167 Å². The van der Waals surface area contributed by atoms with Gasteiger partial charge in [-0.15, -0.1) is 0 Å². The van der Waals surface area contributed by atoms with Crippen molar-refractivity contribution in [2.75, 3.05) is 36.8 Å². The predicted octanol–water partition coefficient (Wildman–Crippen LogP) is 1.89. The lowest BCUT2D eigenvalue weighted by Gasteiger charge is -2.36. The molecule has 7 nitrogen and oxygen atoms in total. The van der Waals surface area contributed by atoms with E-state index in [4.69, 9.17) is 5.73 Å². The van der Waals surface area contributed by atoms with Gasteiger partial charge >= 0.3 is 0 Å². The van der Waals surface area contributed by atoms with Crippen LogP contribution in [0.5, 0.6) is 0 Å². The quantitative estimate of drug-likeness (QED) is 0.469. The summed E-state index contributed by atoms with van der Waals surface area (Å²) in [6, 6.07) is 14.3. The van der Waals surface area contributed by atoms with Crippen LogP contribution in [0.4, 0.5) is 15.8 Å². The Balaban J connectivity index is 1.59. The van der Waals surface area contributed by atoms with Crippen LogP contribution in [0.25, 0.3) is 0 Å². The zero-order valence-corrected chi connectivity index (χ0v) is 15.6. The number of nitrogens with two attached hydrogens (primary N) is 1. The van der Waals surface area contributed by atoms with Gasteiger partial charge in [0, 0.05) is 49.3 Å². The number of carbonyl (C=O) groups is 2. The first-order valence-electron chi connectivity index (χ1n) is 9.04. The molecule has 0 spiro atoms. The third kappa shape index (κ3) is 4.90.